The lowest BCUT2D eigenvalue weighted by atomic mass is 10.1. The van der Waals surface area contributed by atoms with Gasteiger partial charge in [-0.1, -0.05) is 24.6 Å². The quantitative estimate of drug-likeness (QED) is 0.819. The van der Waals surface area contributed by atoms with Crippen molar-refractivity contribution in [2.45, 2.75) is 38.8 Å². The van der Waals surface area contributed by atoms with Crippen LogP contribution in [-0.2, 0) is 6.54 Å². The summed E-state index contributed by atoms with van der Waals surface area (Å²) in [6.07, 6.45) is 4.70. The van der Waals surface area contributed by atoms with E-state index in [0.717, 1.165) is 30.0 Å². The van der Waals surface area contributed by atoms with E-state index in [2.05, 4.69) is 5.10 Å². The van der Waals surface area contributed by atoms with Gasteiger partial charge in [-0.25, -0.2) is 4.68 Å². The van der Waals surface area contributed by atoms with Crippen molar-refractivity contribution in [2.75, 3.05) is 0 Å². The predicted octanol–water partition coefficient (Wildman–Crippen LogP) is 1.91. The molecule has 0 fully saturated rings. The van der Waals surface area contributed by atoms with Crippen LogP contribution < -0.4 is 11.3 Å². The molecule has 1 aromatic heterocycles. The second-order valence-corrected chi connectivity index (χ2v) is 4.73. The van der Waals surface area contributed by atoms with Crippen molar-refractivity contribution in [3.63, 3.8) is 0 Å². The van der Waals surface area contributed by atoms with Crippen LogP contribution in [0.25, 0.3) is 10.8 Å². The summed E-state index contributed by atoms with van der Waals surface area (Å²) in [7, 11) is 0. The SMILES string of the molecule is CC(N)CCCCn1ncc2ccccc2c1=O. The molecular formula is C14H19N3O. The molecule has 2 rings (SSSR count). The number of aryl methyl sites for hydroxylation is 1. The molecule has 0 saturated heterocycles. The molecule has 0 spiro atoms. The van der Waals surface area contributed by atoms with E-state index in [1.54, 1.807) is 10.9 Å². The summed E-state index contributed by atoms with van der Waals surface area (Å²) in [6, 6.07) is 7.77. The Morgan fingerprint density at radius 2 is 2.11 bits per heavy atom. The van der Waals surface area contributed by atoms with Gasteiger partial charge in [-0.2, -0.15) is 5.10 Å². The Labute approximate surface area is 106 Å². The number of rotatable bonds is 5. The molecule has 0 radical (unpaired) electrons. The minimum absolute atomic E-state index is 0.00565. The van der Waals surface area contributed by atoms with E-state index < -0.39 is 0 Å². The maximum Gasteiger partial charge on any atom is 0.274 e. The first-order valence-electron chi connectivity index (χ1n) is 6.39. The lowest BCUT2D eigenvalue weighted by Crippen LogP contribution is -2.23. The Morgan fingerprint density at radius 1 is 1.33 bits per heavy atom. The molecule has 4 heteroatoms. The average molecular weight is 245 g/mol. The summed E-state index contributed by atoms with van der Waals surface area (Å²) in [4.78, 5) is 12.1. The summed E-state index contributed by atoms with van der Waals surface area (Å²) in [6.45, 7) is 2.66. The first-order chi connectivity index (χ1) is 8.68. The highest BCUT2D eigenvalue weighted by Crippen LogP contribution is 2.07. The van der Waals surface area contributed by atoms with E-state index in [1.807, 2.05) is 31.2 Å². The minimum Gasteiger partial charge on any atom is -0.328 e. The number of aromatic nitrogens is 2. The number of hydrogen-bond donors (Lipinski definition) is 1. The van der Waals surface area contributed by atoms with Crippen molar-refractivity contribution in [3.8, 4) is 0 Å². The van der Waals surface area contributed by atoms with Crippen molar-refractivity contribution < 1.29 is 0 Å². The second-order valence-electron chi connectivity index (χ2n) is 4.73. The summed E-state index contributed by atoms with van der Waals surface area (Å²) in [5.41, 5.74) is 5.69. The summed E-state index contributed by atoms with van der Waals surface area (Å²) in [5.74, 6) is 0. The van der Waals surface area contributed by atoms with Gasteiger partial charge in [0.1, 0.15) is 0 Å². The molecule has 0 aliphatic rings. The maximum absolute atomic E-state index is 12.1. The molecule has 2 N–H and O–H groups in total. The topological polar surface area (TPSA) is 60.9 Å². The number of nitrogens with two attached hydrogens (primary N) is 1. The molecule has 0 bridgehead atoms. The van der Waals surface area contributed by atoms with Gasteiger partial charge in [0, 0.05) is 18.0 Å². The largest absolute Gasteiger partial charge is 0.328 e. The molecular weight excluding hydrogens is 226 g/mol. The molecule has 1 heterocycles. The van der Waals surface area contributed by atoms with Crippen LogP contribution in [0, 0.1) is 0 Å². The molecule has 1 atom stereocenters. The lowest BCUT2D eigenvalue weighted by Gasteiger charge is -2.07. The molecule has 18 heavy (non-hydrogen) atoms. The zero-order valence-corrected chi connectivity index (χ0v) is 10.7. The first kappa shape index (κ1) is 12.8. The Kier molecular flexibility index (Phi) is 4.10. The summed E-state index contributed by atoms with van der Waals surface area (Å²) in [5, 5.41) is 5.83. The van der Waals surface area contributed by atoms with Crippen LogP contribution >= 0.6 is 0 Å². The van der Waals surface area contributed by atoms with Gasteiger partial charge in [0.05, 0.1) is 11.6 Å². The van der Waals surface area contributed by atoms with Crippen molar-refractivity contribution in [2.24, 2.45) is 5.73 Å². The fourth-order valence-electron chi connectivity index (χ4n) is 2.01. The molecule has 0 amide bonds. The van der Waals surface area contributed by atoms with Crippen molar-refractivity contribution in [1.29, 1.82) is 0 Å². The normalized spacial score (nSPS) is 12.8. The zero-order chi connectivity index (χ0) is 13.0. The van der Waals surface area contributed by atoms with Gasteiger partial charge >= 0.3 is 0 Å². The van der Waals surface area contributed by atoms with Crippen LogP contribution in [0.2, 0.25) is 0 Å². The van der Waals surface area contributed by atoms with Crippen LogP contribution in [0.4, 0.5) is 0 Å². The van der Waals surface area contributed by atoms with E-state index in [4.69, 9.17) is 5.73 Å². The predicted molar refractivity (Wildman–Crippen MR) is 73.5 cm³/mol. The van der Waals surface area contributed by atoms with Gasteiger partial charge in [0.25, 0.3) is 5.56 Å². The lowest BCUT2D eigenvalue weighted by molar-refractivity contribution is 0.507. The van der Waals surface area contributed by atoms with Crippen molar-refractivity contribution in [3.05, 3.63) is 40.8 Å². The molecule has 4 nitrogen and oxygen atoms in total. The average Bonchev–Trinajstić information content (AvgIpc) is 2.37. The third-order valence-electron chi connectivity index (χ3n) is 3.04. The van der Waals surface area contributed by atoms with Crippen LogP contribution in [0.15, 0.2) is 35.3 Å². The van der Waals surface area contributed by atoms with Gasteiger partial charge in [-0.3, -0.25) is 4.79 Å². The Hall–Kier alpha value is -1.68. The van der Waals surface area contributed by atoms with Crippen molar-refractivity contribution in [1.82, 2.24) is 9.78 Å². The smallest absolute Gasteiger partial charge is 0.274 e. The Morgan fingerprint density at radius 3 is 2.89 bits per heavy atom. The number of unbranched alkanes of at least 4 members (excludes halogenated alkanes) is 1. The van der Waals surface area contributed by atoms with E-state index in [-0.39, 0.29) is 11.6 Å². The fraction of sp³-hybridized carbons (Fsp3) is 0.429. The van der Waals surface area contributed by atoms with Gasteiger partial charge in [0.15, 0.2) is 0 Å². The number of nitrogens with zero attached hydrogens (tertiary/aromatic N) is 2. The van der Waals surface area contributed by atoms with Crippen LogP contribution in [0.3, 0.4) is 0 Å². The maximum atomic E-state index is 12.1. The standard InChI is InChI=1S/C14H19N3O/c1-11(15)6-4-5-9-17-14(18)13-8-3-2-7-12(13)10-16-17/h2-3,7-8,10-11H,4-6,9,15H2,1H3. The van der Waals surface area contributed by atoms with Crippen LogP contribution in [0.5, 0.6) is 0 Å². The Balaban J connectivity index is 2.10. The molecule has 2 aromatic rings. The fourth-order valence-corrected chi connectivity index (χ4v) is 2.01. The molecule has 0 aliphatic heterocycles. The molecule has 0 saturated carbocycles. The van der Waals surface area contributed by atoms with Gasteiger partial charge in [0.2, 0.25) is 0 Å². The van der Waals surface area contributed by atoms with Gasteiger partial charge in [-0.15, -0.1) is 0 Å². The second kappa shape index (κ2) is 5.78. The molecule has 96 valence electrons. The highest BCUT2D eigenvalue weighted by Gasteiger charge is 2.03. The first-order valence-corrected chi connectivity index (χ1v) is 6.39. The monoisotopic (exact) mass is 245 g/mol. The van der Waals surface area contributed by atoms with E-state index in [0.29, 0.717) is 6.54 Å². The zero-order valence-electron chi connectivity index (χ0n) is 10.7. The highest BCUT2D eigenvalue weighted by molar-refractivity contribution is 5.80. The van der Waals surface area contributed by atoms with E-state index in [1.165, 1.54) is 0 Å². The number of fused-ring (bicyclic) bond motifs is 1. The highest BCUT2D eigenvalue weighted by atomic mass is 16.1. The van der Waals surface area contributed by atoms with Crippen LogP contribution in [-0.4, -0.2) is 15.8 Å². The summed E-state index contributed by atoms with van der Waals surface area (Å²) < 4.78 is 1.55. The van der Waals surface area contributed by atoms with Crippen LogP contribution in [0.1, 0.15) is 26.2 Å². The van der Waals surface area contributed by atoms with Crippen molar-refractivity contribution >= 4 is 10.8 Å². The molecule has 0 aliphatic carbocycles. The van der Waals surface area contributed by atoms with E-state index in [9.17, 15) is 4.79 Å². The number of hydrogen-bond acceptors (Lipinski definition) is 3. The number of benzene rings is 1. The minimum atomic E-state index is -0.00565. The Bertz CT molecular complexity index is 575. The summed E-state index contributed by atoms with van der Waals surface area (Å²) >= 11 is 0. The molecule has 1 aromatic carbocycles. The third kappa shape index (κ3) is 2.96. The van der Waals surface area contributed by atoms with Gasteiger partial charge < -0.3 is 5.73 Å². The van der Waals surface area contributed by atoms with Gasteiger partial charge in [-0.05, 0) is 25.8 Å². The molecule has 1 unspecified atom stereocenters. The van der Waals surface area contributed by atoms with E-state index >= 15 is 0 Å². The third-order valence-corrected chi connectivity index (χ3v) is 3.04.